The van der Waals surface area contributed by atoms with Gasteiger partial charge in [-0.3, -0.25) is 0 Å². The van der Waals surface area contributed by atoms with E-state index in [0.29, 0.717) is 31.1 Å². The predicted octanol–water partition coefficient (Wildman–Crippen LogP) is 1.79. The van der Waals surface area contributed by atoms with Gasteiger partial charge in [0, 0.05) is 37.5 Å². The summed E-state index contributed by atoms with van der Waals surface area (Å²) in [4.78, 5) is 14.2. The molecule has 0 saturated carbocycles. The Morgan fingerprint density at radius 2 is 2.19 bits per heavy atom. The van der Waals surface area contributed by atoms with Gasteiger partial charge >= 0.3 is 6.03 Å². The Morgan fingerprint density at radius 3 is 2.93 bits per heavy atom. The third-order valence-corrected chi connectivity index (χ3v) is 5.40. The third kappa shape index (κ3) is 6.37. The highest BCUT2D eigenvalue weighted by Crippen LogP contribution is 2.20. The second-order valence-corrected chi connectivity index (χ2v) is 8.86. The summed E-state index contributed by atoms with van der Waals surface area (Å²) in [5.41, 5.74) is 0.642. The van der Waals surface area contributed by atoms with Crippen LogP contribution in [0.15, 0.2) is 24.3 Å². The number of urea groups is 1. The lowest BCUT2D eigenvalue weighted by Gasteiger charge is -2.32. The standard InChI is InChI=1S/C18H27N3O5S/c1-27(23,24)20-15-6-3-9-21(12-15)18(22)19-14-5-2-7-16(11-14)26-13-17-8-4-10-25-17/h2,5,7,11,15,17,20H,3-4,6,8-10,12-13H2,1H3,(H,19,22)/t15-,17-/m0/s1. The maximum atomic E-state index is 12.5. The Kier molecular flexibility index (Phi) is 6.56. The van der Waals surface area contributed by atoms with Crippen molar-refractivity contribution in [3.05, 3.63) is 24.3 Å². The van der Waals surface area contributed by atoms with Gasteiger partial charge in [-0.2, -0.15) is 0 Å². The van der Waals surface area contributed by atoms with Gasteiger partial charge in [-0.1, -0.05) is 6.07 Å². The van der Waals surface area contributed by atoms with E-state index in [4.69, 9.17) is 9.47 Å². The summed E-state index contributed by atoms with van der Waals surface area (Å²) in [5.74, 6) is 0.679. The van der Waals surface area contributed by atoms with E-state index >= 15 is 0 Å². The van der Waals surface area contributed by atoms with E-state index in [1.165, 1.54) is 0 Å². The van der Waals surface area contributed by atoms with Crippen LogP contribution in [0, 0.1) is 0 Å². The van der Waals surface area contributed by atoms with Crippen molar-refractivity contribution in [3.8, 4) is 5.75 Å². The lowest BCUT2D eigenvalue weighted by molar-refractivity contribution is 0.0680. The molecule has 2 heterocycles. The second kappa shape index (κ2) is 8.90. The van der Waals surface area contributed by atoms with Gasteiger partial charge in [0.05, 0.1) is 12.4 Å². The number of hydrogen-bond donors (Lipinski definition) is 2. The molecule has 0 aromatic heterocycles. The van der Waals surface area contributed by atoms with Crippen LogP contribution in [0.1, 0.15) is 25.7 Å². The molecule has 2 atom stereocenters. The quantitative estimate of drug-likeness (QED) is 0.763. The van der Waals surface area contributed by atoms with Gasteiger partial charge in [-0.05, 0) is 37.8 Å². The van der Waals surface area contributed by atoms with Crippen molar-refractivity contribution in [1.29, 1.82) is 0 Å². The molecule has 2 saturated heterocycles. The van der Waals surface area contributed by atoms with E-state index in [-0.39, 0.29) is 18.2 Å². The van der Waals surface area contributed by atoms with Gasteiger partial charge in [-0.25, -0.2) is 17.9 Å². The molecule has 9 heteroatoms. The number of carbonyl (C=O) groups excluding carboxylic acids is 1. The minimum atomic E-state index is -3.29. The van der Waals surface area contributed by atoms with Crippen LogP contribution in [0.5, 0.6) is 5.75 Å². The molecular formula is C18H27N3O5S. The molecule has 1 aromatic carbocycles. The highest BCUT2D eigenvalue weighted by atomic mass is 32.2. The minimum Gasteiger partial charge on any atom is -0.491 e. The van der Waals surface area contributed by atoms with E-state index in [0.717, 1.165) is 38.5 Å². The Morgan fingerprint density at radius 1 is 1.33 bits per heavy atom. The van der Waals surface area contributed by atoms with Crippen molar-refractivity contribution in [1.82, 2.24) is 9.62 Å². The molecular weight excluding hydrogens is 370 g/mol. The zero-order chi connectivity index (χ0) is 19.3. The second-order valence-electron chi connectivity index (χ2n) is 7.08. The Bertz CT molecular complexity index is 749. The third-order valence-electron chi connectivity index (χ3n) is 4.63. The van der Waals surface area contributed by atoms with Gasteiger partial charge in [-0.15, -0.1) is 0 Å². The first-order valence-corrected chi connectivity index (χ1v) is 11.2. The van der Waals surface area contributed by atoms with Crippen LogP contribution >= 0.6 is 0 Å². The van der Waals surface area contributed by atoms with Crippen LogP contribution in [0.2, 0.25) is 0 Å². The van der Waals surface area contributed by atoms with Crippen LogP contribution < -0.4 is 14.8 Å². The van der Waals surface area contributed by atoms with Crippen molar-refractivity contribution in [2.75, 3.05) is 37.9 Å². The zero-order valence-electron chi connectivity index (χ0n) is 15.5. The van der Waals surface area contributed by atoms with Crippen LogP contribution in [0.25, 0.3) is 0 Å². The first-order valence-electron chi connectivity index (χ1n) is 9.27. The summed E-state index contributed by atoms with van der Waals surface area (Å²) < 4.78 is 36.7. The largest absolute Gasteiger partial charge is 0.491 e. The van der Waals surface area contributed by atoms with E-state index < -0.39 is 10.0 Å². The number of likely N-dealkylation sites (tertiary alicyclic amines) is 1. The average molecular weight is 397 g/mol. The molecule has 0 unspecified atom stereocenters. The lowest BCUT2D eigenvalue weighted by Crippen LogP contribution is -2.50. The van der Waals surface area contributed by atoms with Crippen LogP contribution in [-0.2, 0) is 14.8 Å². The number of nitrogens with one attached hydrogen (secondary N) is 2. The van der Waals surface area contributed by atoms with E-state index in [1.54, 1.807) is 17.0 Å². The van der Waals surface area contributed by atoms with Crippen molar-refractivity contribution in [2.45, 2.75) is 37.8 Å². The number of carbonyl (C=O) groups is 1. The molecule has 2 N–H and O–H groups in total. The molecule has 27 heavy (non-hydrogen) atoms. The van der Waals surface area contributed by atoms with Crippen molar-refractivity contribution in [2.24, 2.45) is 0 Å². The maximum absolute atomic E-state index is 12.5. The molecule has 0 spiro atoms. The van der Waals surface area contributed by atoms with Gasteiger partial charge < -0.3 is 19.7 Å². The summed E-state index contributed by atoms with van der Waals surface area (Å²) in [7, 11) is -3.29. The van der Waals surface area contributed by atoms with Crippen molar-refractivity contribution >= 4 is 21.7 Å². The normalized spacial score (nSPS) is 23.2. The number of rotatable bonds is 6. The summed E-state index contributed by atoms with van der Waals surface area (Å²) in [6.45, 7) is 2.24. The molecule has 8 nitrogen and oxygen atoms in total. The number of sulfonamides is 1. The number of ether oxygens (including phenoxy) is 2. The van der Waals surface area contributed by atoms with Gasteiger partial charge in [0.2, 0.25) is 10.0 Å². The zero-order valence-corrected chi connectivity index (χ0v) is 16.3. The average Bonchev–Trinajstić information content (AvgIpc) is 3.13. The SMILES string of the molecule is CS(=O)(=O)N[C@H]1CCCN(C(=O)Nc2cccc(OC[C@@H]3CCCO3)c2)C1. The first kappa shape index (κ1) is 19.9. The fraction of sp³-hybridized carbons (Fsp3) is 0.611. The molecule has 2 aliphatic heterocycles. The monoisotopic (exact) mass is 397 g/mol. The van der Waals surface area contributed by atoms with E-state index in [9.17, 15) is 13.2 Å². The van der Waals surface area contributed by atoms with Crippen LogP contribution in [0.4, 0.5) is 10.5 Å². The number of anilines is 1. The highest BCUT2D eigenvalue weighted by molar-refractivity contribution is 7.88. The molecule has 150 valence electrons. The van der Waals surface area contributed by atoms with Crippen LogP contribution in [-0.4, -0.2) is 64.1 Å². The number of nitrogens with zero attached hydrogens (tertiary/aromatic N) is 1. The molecule has 0 bridgehead atoms. The molecule has 2 fully saturated rings. The number of benzene rings is 1. The van der Waals surface area contributed by atoms with Crippen molar-refractivity contribution < 1.29 is 22.7 Å². The first-order chi connectivity index (χ1) is 12.9. The smallest absolute Gasteiger partial charge is 0.321 e. The van der Waals surface area contributed by atoms with E-state index in [1.807, 2.05) is 12.1 Å². The molecule has 1 aromatic rings. The minimum absolute atomic E-state index is 0.135. The Labute approximate surface area is 160 Å². The van der Waals surface area contributed by atoms with Gasteiger partial charge in [0.15, 0.2) is 0 Å². The Hall–Kier alpha value is -1.84. The van der Waals surface area contributed by atoms with Crippen molar-refractivity contribution in [3.63, 3.8) is 0 Å². The predicted molar refractivity (Wildman–Crippen MR) is 103 cm³/mol. The number of piperidine rings is 1. The molecule has 2 amide bonds. The fourth-order valence-electron chi connectivity index (χ4n) is 3.39. The van der Waals surface area contributed by atoms with E-state index in [2.05, 4.69) is 10.0 Å². The number of hydrogen-bond acceptors (Lipinski definition) is 5. The molecule has 3 rings (SSSR count). The topological polar surface area (TPSA) is 97.0 Å². The van der Waals surface area contributed by atoms with Crippen LogP contribution in [0.3, 0.4) is 0 Å². The summed E-state index contributed by atoms with van der Waals surface area (Å²) in [5, 5.41) is 2.86. The maximum Gasteiger partial charge on any atom is 0.321 e. The molecule has 0 aliphatic carbocycles. The van der Waals surface area contributed by atoms with Gasteiger partial charge in [0.1, 0.15) is 12.4 Å². The molecule has 0 radical (unpaired) electrons. The lowest BCUT2D eigenvalue weighted by atomic mass is 10.1. The number of amides is 2. The fourth-order valence-corrected chi connectivity index (χ4v) is 4.19. The summed E-state index contributed by atoms with van der Waals surface area (Å²) in [6.07, 6.45) is 4.82. The molecule has 2 aliphatic rings. The Balaban J connectivity index is 1.53. The highest BCUT2D eigenvalue weighted by Gasteiger charge is 2.25. The van der Waals surface area contributed by atoms with Gasteiger partial charge in [0.25, 0.3) is 0 Å². The summed E-state index contributed by atoms with van der Waals surface area (Å²) in [6, 6.07) is 6.75. The summed E-state index contributed by atoms with van der Waals surface area (Å²) >= 11 is 0.